The molecule has 0 saturated carbocycles. The van der Waals surface area contributed by atoms with E-state index in [0.717, 1.165) is 18.1 Å². The fourth-order valence-electron chi connectivity index (χ4n) is 1.42. The van der Waals surface area contributed by atoms with Crippen molar-refractivity contribution >= 4 is 41.3 Å². The van der Waals surface area contributed by atoms with Crippen molar-refractivity contribution in [3.05, 3.63) is 16.1 Å². The average Bonchev–Trinajstić information content (AvgIpc) is 2.65. The lowest BCUT2D eigenvalue weighted by Gasteiger charge is -2.22. The number of halogens is 1. The Hall–Kier alpha value is -0.370. The van der Waals surface area contributed by atoms with E-state index in [-0.39, 0.29) is 24.0 Å². The van der Waals surface area contributed by atoms with Crippen LogP contribution in [0.2, 0.25) is 0 Å². The number of aryl methyl sites for hydroxylation is 1. The van der Waals surface area contributed by atoms with Gasteiger partial charge in [-0.25, -0.2) is 9.98 Å². The number of thiazole rings is 1. The zero-order valence-electron chi connectivity index (χ0n) is 11.1. The molecule has 98 valence electrons. The van der Waals surface area contributed by atoms with E-state index in [1.807, 2.05) is 38.0 Å². The lowest BCUT2D eigenvalue weighted by atomic mass is 10.4. The number of nitrogens with zero attached hydrogens (tertiary/aromatic N) is 4. The van der Waals surface area contributed by atoms with E-state index in [2.05, 4.69) is 22.3 Å². The van der Waals surface area contributed by atoms with Gasteiger partial charge in [0.2, 0.25) is 0 Å². The second-order valence-electron chi connectivity index (χ2n) is 3.99. The van der Waals surface area contributed by atoms with Crippen molar-refractivity contribution in [2.75, 3.05) is 28.2 Å². The summed E-state index contributed by atoms with van der Waals surface area (Å²) in [5.41, 5.74) is 1.06. The Balaban J connectivity index is 0.00000256. The van der Waals surface area contributed by atoms with Gasteiger partial charge in [-0.3, -0.25) is 0 Å². The number of hydrogen-bond acceptors (Lipinski definition) is 3. The van der Waals surface area contributed by atoms with Crippen LogP contribution in [0.4, 0.5) is 0 Å². The Morgan fingerprint density at radius 1 is 1.29 bits per heavy atom. The molecule has 0 aliphatic carbocycles. The largest absolute Gasteiger partial charge is 0.349 e. The van der Waals surface area contributed by atoms with Crippen LogP contribution in [0.25, 0.3) is 0 Å². The number of hydrogen-bond donors (Lipinski definition) is 0. The Morgan fingerprint density at radius 3 is 2.29 bits per heavy atom. The van der Waals surface area contributed by atoms with Gasteiger partial charge in [0, 0.05) is 33.6 Å². The van der Waals surface area contributed by atoms with E-state index in [1.165, 1.54) is 5.01 Å². The molecule has 0 fully saturated rings. The number of aliphatic imine (C=N–C) groups is 1. The van der Waals surface area contributed by atoms with Crippen molar-refractivity contribution in [1.82, 2.24) is 14.8 Å². The third kappa shape index (κ3) is 5.20. The Kier molecular flexibility index (Phi) is 7.69. The number of guanidine groups is 1. The highest BCUT2D eigenvalue weighted by atomic mass is 127. The lowest BCUT2D eigenvalue weighted by Crippen LogP contribution is -2.35. The van der Waals surface area contributed by atoms with Crippen molar-refractivity contribution in [2.24, 2.45) is 4.99 Å². The van der Waals surface area contributed by atoms with E-state index in [9.17, 15) is 0 Å². The molecular formula is C11H21IN4S. The van der Waals surface area contributed by atoms with Crippen LogP contribution in [0.15, 0.2) is 10.4 Å². The first-order valence-corrected chi connectivity index (χ1v) is 6.25. The van der Waals surface area contributed by atoms with Gasteiger partial charge in [-0.2, -0.15) is 0 Å². The number of rotatable bonds is 3. The fraction of sp³-hybridized carbons (Fsp3) is 0.636. The second kappa shape index (κ2) is 7.86. The predicted molar refractivity (Wildman–Crippen MR) is 85.4 cm³/mol. The van der Waals surface area contributed by atoms with Gasteiger partial charge in [0.1, 0.15) is 0 Å². The molecule has 1 aromatic heterocycles. The summed E-state index contributed by atoms with van der Waals surface area (Å²) in [5.74, 6) is 0.964. The minimum Gasteiger partial charge on any atom is -0.349 e. The predicted octanol–water partition coefficient (Wildman–Crippen LogP) is 2.30. The van der Waals surface area contributed by atoms with E-state index in [0.29, 0.717) is 6.54 Å². The van der Waals surface area contributed by atoms with Crippen LogP contribution in [0, 0.1) is 0 Å². The van der Waals surface area contributed by atoms with Crippen LogP contribution in [0.1, 0.15) is 17.6 Å². The van der Waals surface area contributed by atoms with E-state index < -0.39 is 0 Å². The molecule has 4 nitrogen and oxygen atoms in total. The first kappa shape index (κ1) is 16.6. The topological polar surface area (TPSA) is 31.7 Å². The second-order valence-corrected chi connectivity index (χ2v) is 4.93. The molecule has 0 aromatic carbocycles. The standard InChI is InChI=1S/C11H20N4S.HI/c1-6-10-13-9(8-16-10)7-12-11(14(2)3)15(4)5;/h8H,6-7H2,1-5H3;1H. The van der Waals surface area contributed by atoms with Crippen LogP contribution in [-0.2, 0) is 13.0 Å². The molecule has 0 radical (unpaired) electrons. The van der Waals surface area contributed by atoms with Gasteiger partial charge < -0.3 is 9.80 Å². The maximum Gasteiger partial charge on any atom is 0.195 e. The maximum absolute atomic E-state index is 4.55. The van der Waals surface area contributed by atoms with Crippen molar-refractivity contribution in [3.8, 4) is 0 Å². The maximum atomic E-state index is 4.55. The van der Waals surface area contributed by atoms with Crippen LogP contribution in [0.3, 0.4) is 0 Å². The average molecular weight is 368 g/mol. The quantitative estimate of drug-likeness (QED) is 0.466. The van der Waals surface area contributed by atoms with Crippen molar-refractivity contribution in [2.45, 2.75) is 19.9 Å². The highest BCUT2D eigenvalue weighted by Gasteiger charge is 2.05. The lowest BCUT2D eigenvalue weighted by molar-refractivity contribution is 0.479. The Labute approximate surface area is 125 Å². The van der Waals surface area contributed by atoms with Crippen LogP contribution in [-0.4, -0.2) is 48.9 Å². The summed E-state index contributed by atoms with van der Waals surface area (Å²) in [4.78, 5) is 13.1. The minimum absolute atomic E-state index is 0. The van der Waals surface area contributed by atoms with Crippen LogP contribution in [0.5, 0.6) is 0 Å². The Bertz CT molecular complexity index is 350. The third-order valence-electron chi connectivity index (χ3n) is 2.08. The highest BCUT2D eigenvalue weighted by molar-refractivity contribution is 14.0. The Morgan fingerprint density at radius 2 is 1.88 bits per heavy atom. The fourth-order valence-corrected chi connectivity index (χ4v) is 2.15. The van der Waals surface area contributed by atoms with Crippen molar-refractivity contribution < 1.29 is 0 Å². The molecule has 1 heterocycles. The normalized spacial score (nSPS) is 9.47. The van der Waals surface area contributed by atoms with E-state index >= 15 is 0 Å². The first-order chi connectivity index (χ1) is 7.54. The van der Waals surface area contributed by atoms with Crippen LogP contribution >= 0.6 is 35.3 Å². The van der Waals surface area contributed by atoms with Gasteiger partial charge in [-0.1, -0.05) is 6.92 Å². The SMILES string of the molecule is CCc1nc(CN=C(N(C)C)N(C)C)cs1.I. The summed E-state index contributed by atoms with van der Waals surface area (Å²) >= 11 is 1.71. The summed E-state index contributed by atoms with van der Waals surface area (Å²) in [6, 6.07) is 0. The van der Waals surface area contributed by atoms with E-state index in [4.69, 9.17) is 0 Å². The third-order valence-corrected chi connectivity index (χ3v) is 3.13. The molecular weight excluding hydrogens is 347 g/mol. The molecule has 0 atom stereocenters. The first-order valence-electron chi connectivity index (χ1n) is 5.37. The smallest absolute Gasteiger partial charge is 0.195 e. The van der Waals surface area contributed by atoms with Gasteiger partial charge in [0.05, 0.1) is 17.2 Å². The van der Waals surface area contributed by atoms with Gasteiger partial charge in [0.25, 0.3) is 0 Å². The molecule has 1 rings (SSSR count). The molecule has 0 unspecified atom stereocenters. The summed E-state index contributed by atoms with van der Waals surface area (Å²) in [5, 5.41) is 3.27. The summed E-state index contributed by atoms with van der Waals surface area (Å²) < 4.78 is 0. The molecule has 1 aromatic rings. The summed E-state index contributed by atoms with van der Waals surface area (Å²) in [7, 11) is 7.99. The zero-order valence-corrected chi connectivity index (χ0v) is 14.2. The van der Waals surface area contributed by atoms with Gasteiger partial charge in [-0.15, -0.1) is 35.3 Å². The monoisotopic (exact) mass is 368 g/mol. The molecule has 0 N–H and O–H groups in total. The minimum atomic E-state index is 0. The summed E-state index contributed by atoms with van der Waals surface area (Å²) in [6.07, 6.45) is 1.00. The van der Waals surface area contributed by atoms with Gasteiger partial charge in [0.15, 0.2) is 5.96 Å². The molecule has 0 saturated heterocycles. The van der Waals surface area contributed by atoms with Crippen LogP contribution < -0.4 is 0 Å². The molecule has 17 heavy (non-hydrogen) atoms. The molecule has 0 aliphatic heterocycles. The van der Waals surface area contributed by atoms with Crippen molar-refractivity contribution in [3.63, 3.8) is 0 Å². The zero-order chi connectivity index (χ0) is 12.1. The van der Waals surface area contributed by atoms with Gasteiger partial charge >= 0.3 is 0 Å². The molecule has 0 bridgehead atoms. The highest BCUT2D eigenvalue weighted by Crippen LogP contribution is 2.11. The molecule has 0 aliphatic rings. The molecule has 0 spiro atoms. The van der Waals surface area contributed by atoms with E-state index in [1.54, 1.807) is 11.3 Å². The van der Waals surface area contributed by atoms with Gasteiger partial charge in [-0.05, 0) is 6.42 Å². The molecule has 6 heteroatoms. The molecule has 0 amide bonds. The number of aromatic nitrogens is 1. The van der Waals surface area contributed by atoms with Crippen molar-refractivity contribution in [1.29, 1.82) is 0 Å². The summed E-state index contributed by atoms with van der Waals surface area (Å²) in [6.45, 7) is 2.78.